The van der Waals surface area contributed by atoms with E-state index >= 15 is 26.3 Å². The Hall–Kier alpha value is -4.90. The Labute approximate surface area is 246 Å². The Bertz CT molecular complexity index is 1760. The first-order valence-corrected chi connectivity index (χ1v) is 12.3. The molecule has 0 saturated carbocycles. The average molecular weight is 671 g/mol. The van der Waals surface area contributed by atoms with E-state index in [0.29, 0.717) is 0 Å². The second-order valence-corrected chi connectivity index (χ2v) is 9.67. The Morgan fingerprint density at radius 1 is 0.457 bits per heavy atom. The van der Waals surface area contributed by atoms with Crippen molar-refractivity contribution in [1.82, 2.24) is 0 Å². The summed E-state index contributed by atoms with van der Waals surface area (Å²) in [4.78, 5) is 2.43. The highest BCUT2D eigenvalue weighted by Crippen LogP contribution is 2.29. The van der Waals surface area contributed by atoms with Gasteiger partial charge in [-0.15, -0.1) is 16.4 Å². The molecule has 1 heterocycles. The van der Waals surface area contributed by atoms with Crippen LogP contribution in [0.3, 0.4) is 0 Å². The maximum Gasteiger partial charge on any atom is 0.373 e. The SMILES string of the molecule is Fc1c(F)c(F)c([B-](C=C2C[NH+]=C(c3ccccc3)O2)(c2c(F)c(F)c(F)c(F)c2F)c2c(F)c(F)c(F)c(F)c2F)c(F)c1F. The first-order valence-electron chi connectivity index (χ1n) is 12.3. The minimum absolute atomic E-state index is 0.118. The minimum Gasteiger partial charge on any atom is -0.407 e. The molecular weight excluding hydrogens is 662 g/mol. The quantitative estimate of drug-likeness (QED) is 0.146. The van der Waals surface area contributed by atoms with E-state index < -0.39 is 122 Å². The van der Waals surface area contributed by atoms with Crippen molar-refractivity contribution in [2.24, 2.45) is 0 Å². The summed E-state index contributed by atoms with van der Waals surface area (Å²) in [5, 5.41) is 0. The molecule has 2 nitrogen and oxygen atoms in total. The fourth-order valence-corrected chi connectivity index (χ4v) is 5.24. The molecule has 0 aromatic heterocycles. The van der Waals surface area contributed by atoms with Crippen molar-refractivity contribution in [3.63, 3.8) is 0 Å². The number of hydrogen-bond acceptors (Lipinski definition) is 1. The Balaban J connectivity index is 2.08. The minimum atomic E-state index is -5.86. The molecule has 0 amide bonds. The molecule has 4 aromatic rings. The summed E-state index contributed by atoms with van der Waals surface area (Å²) in [6.07, 6.45) is -5.86. The predicted molar refractivity (Wildman–Crippen MR) is 129 cm³/mol. The lowest BCUT2D eigenvalue weighted by atomic mass is 9.15. The summed E-state index contributed by atoms with van der Waals surface area (Å²) in [6.45, 7) is -0.867. The third kappa shape index (κ3) is 4.60. The van der Waals surface area contributed by atoms with Gasteiger partial charge < -0.3 is 4.74 Å². The first kappa shape index (κ1) is 32.5. The van der Waals surface area contributed by atoms with Crippen molar-refractivity contribution in [1.29, 1.82) is 0 Å². The molecule has 0 saturated heterocycles. The molecule has 46 heavy (non-hydrogen) atoms. The standard InChI is InChI=1S/C28H8BF15NO/c30-13-10(14(31)20(37)25(42)19(13)36)29(11-15(32)21(38)26(43)22(39)16(11)33,12-17(34)23(40)27(44)24(41)18(12)35)6-9-7-45-28(46-9)8-4-2-1-3-5-8/h1-6H,7H2/q-1/p+1. The van der Waals surface area contributed by atoms with Crippen LogP contribution in [-0.2, 0) is 4.74 Å². The number of nitrogens with one attached hydrogen (secondary N) is 1. The van der Waals surface area contributed by atoms with E-state index in [4.69, 9.17) is 4.74 Å². The molecule has 0 radical (unpaired) electrons. The van der Waals surface area contributed by atoms with Crippen LogP contribution in [0.2, 0.25) is 0 Å². The van der Waals surface area contributed by atoms with Crippen LogP contribution < -0.4 is 21.4 Å². The summed E-state index contributed by atoms with van der Waals surface area (Å²) < 4.78 is 229. The van der Waals surface area contributed by atoms with Crippen LogP contribution in [0.1, 0.15) is 5.56 Å². The van der Waals surface area contributed by atoms with Crippen LogP contribution in [0.25, 0.3) is 0 Å². The summed E-state index contributed by atoms with van der Waals surface area (Å²) >= 11 is 0. The topological polar surface area (TPSA) is 23.2 Å². The lowest BCUT2D eigenvalue weighted by Crippen LogP contribution is -2.73. The van der Waals surface area contributed by atoms with Gasteiger partial charge in [-0.05, 0) is 12.1 Å². The van der Waals surface area contributed by atoms with E-state index in [9.17, 15) is 39.5 Å². The maximum absolute atomic E-state index is 15.6. The van der Waals surface area contributed by atoms with Gasteiger partial charge in [-0.1, -0.05) is 18.2 Å². The molecule has 0 spiro atoms. The second-order valence-electron chi connectivity index (χ2n) is 9.67. The van der Waals surface area contributed by atoms with Crippen LogP contribution in [0.5, 0.6) is 0 Å². The molecule has 18 heteroatoms. The highest BCUT2D eigenvalue weighted by Gasteiger charge is 2.48. The molecule has 0 atom stereocenters. The van der Waals surface area contributed by atoms with Gasteiger partial charge in [0.1, 0.15) is 46.8 Å². The molecule has 0 fully saturated rings. The van der Waals surface area contributed by atoms with Crippen LogP contribution >= 0.6 is 0 Å². The maximum atomic E-state index is 15.6. The Morgan fingerprint density at radius 3 is 1.09 bits per heavy atom. The number of ether oxygens (including phenoxy) is 1. The van der Waals surface area contributed by atoms with Crippen molar-refractivity contribution < 1.29 is 75.6 Å². The monoisotopic (exact) mass is 671 g/mol. The predicted octanol–water partition coefficient (Wildman–Crippen LogP) is 4.22. The third-order valence-electron chi connectivity index (χ3n) is 7.23. The van der Waals surface area contributed by atoms with Gasteiger partial charge in [-0.3, -0.25) is 0 Å². The number of hydrogen-bond donors (Lipinski definition) is 1. The largest absolute Gasteiger partial charge is 0.407 e. The summed E-state index contributed by atoms with van der Waals surface area (Å²) in [5.74, 6) is -47.7. The van der Waals surface area contributed by atoms with E-state index in [1.807, 2.05) is 0 Å². The third-order valence-corrected chi connectivity index (χ3v) is 7.23. The highest BCUT2D eigenvalue weighted by atomic mass is 19.2. The van der Waals surface area contributed by atoms with Gasteiger partial charge in [0.05, 0.1) is 5.56 Å². The van der Waals surface area contributed by atoms with Crippen LogP contribution in [0.15, 0.2) is 42.1 Å². The van der Waals surface area contributed by atoms with Crippen LogP contribution in [0, 0.1) is 87.3 Å². The van der Waals surface area contributed by atoms with Crippen molar-refractivity contribution in [3.8, 4) is 0 Å². The molecule has 0 unspecified atom stereocenters. The van der Waals surface area contributed by atoms with Gasteiger partial charge in [-0.2, -0.15) is 5.98 Å². The number of benzene rings is 4. The summed E-state index contributed by atoms with van der Waals surface area (Å²) in [5.41, 5.74) is -8.11. The lowest BCUT2D eigenvalue weighted by molar-refractivity contribution is -0.440. The Morgan fingerprint density at radius 2 is 0.761 bits per heavy atom. The summed E-state index contributed by atoms with van der Waals surface area (Å²) in [7, 11) is 0. The molecule has 1 aliphatic heterocycles. The smallest absolute Gasteiger partial charge is 0.373 e. The van der Waals surface area contributed by atoms with Gasteiger partial charge in [-0.25, -0.2) is 70.8 Å². The van der Waals surface area contributed by atoms with Crippen molar-refractivity contribution >= 4 is 28.4 Å². The summed E-state index contributed by atoms with van der Waals surface area (Å²) in [6, 6.07) is 7.01. The van der Waals surface area contributed by atoms with Gasteiger partial charge in [0.2, 0.25) is 0 Å². The Kier molecular flexibility index (Phi) is 8.11. The average Bonchev–Trinajstić information content (AvgIpc) is 3.51. The molecular formula is C28H9BF15NO. The second kappa shape index (κ2) is 11.5. The van der Waals surface area contributed by atoms with Gasteiger partial charge >= 0.3 is 5.90 Å². The number of halogens is 15. The molecule has 1 aliphatic rings. The van der Waals surface area contributed by atoms with Crippen LogP contribution in [-0.4, -0.2) is 18.6 Å². The van der Waals surface area contributed by atoms with Crippen molar-refractivity contribution in [2.75, 3.05) is 6.54 Å². The number of rotatable bonds is 5. The van der Waals surface area contributed by atoms with Gasteiger partial charge in [0.25, 0.3) is 0 Å². The molecule has 5 rings (SSSR count). The zero-order chi connectivity index (χ0) is 34.0. The highest BCUT2D eigenvalue weighted by molar-refractivity contribution is 7.15. The fraction of sp³-hybridized carbons (Fsp3) is 0.0357. The molecule has 240 valence electrons. The van der Waals surface area contributed by atoms with Crippen molar-refractivity contribution in [2.45, 2.75) is 0 Å². The van der Waals surface area contributed by atoms with Crippen LogP contribution in [0.4, 0.5) is 65.9 Å². The molecule has 0 bridgehead atoms. The van der Waals surface area contributed by atoms with Crippen molar-refractivity contribution in [3.05, 3.63) is 135 Å². The van der Waals surface area contributed by atoms with E-state index in [-0.39, 0.29) is 17.4 Å². The lowest BCUT2D eigenvalue weighted by Gasteiger charge is -2.41. The zero-order valence-corrected chi connectivity index (χ0v) is 21.8. The normalized spacial score (nSPS) is 14.2. The van der Waals surface area contributed by atoms with E-state index in [1.54, 1.807) is 0 Å². The van der Waals surface area contributed by atoms with Gasteiger partial charge in [0, 0.05) is 0 Å². The van der Waals surface area contributed by atoms with E-state index in [2.05, 4.69) is 4.99 Å². The molecule has 4 aromatic carbocycles. The molecule has 0 aliphatic carbocycles. The van der Waals surface area contributed by atoms with E-state index in [1.165, 1.54) is 30.3 Å². The van der Waals surface area contributed by atoms with Gasteiger partial charge in [0.15, 0.2) is 58.9 Å². The van der Waals surface area contributed by atoms with E-state index in [0.717, 1.165) is 0 Å². The first-order chi connectivity index (χ1) is 21.6. The fourth-order valence-electron chi connectivity index (χ4n) is 5.24. The molecule has 1 N–H and O–H groups in total. The zero-order valence-electron chi connectivity index (χ0n) is 21.8.